The Labute approximate surface area is 102 Å². The summed E-state index contributed by atoms with van der Waals surface area (Å²) in [5.74, 6) is -2.68. The van der Waals surface area contributed by atoms with Crippen molar-refractivity contribution in [1.82, 2.24) is 4.90 Å². The molecule has 1 amide bonds. The summed E-state index contributed by atoms with van der Waals surface area (Å²) in [6.45, 7) is 0. The van der Waals surface area contributed by atoms with E-state index in [4.69, 9.17) is 0 Å². The Bertz CT molecular complexity index is 123. The van der Waals surface area contributed by atoms with Crippen molar-refractivity contribution >= 4 is 11.9 Å². The van der Waals surface area contributed by atoms with E-state index in [1.165, 1.54) is 14.1 Å². The maximum Gasteiger partial charge on any atom is 1.00 e. The number of hydrogen-bond acceptors (Lipinski definition) is 3. The van der Waals surface area contributed by atoms with E-state index < -0.39 is 11.9 Å². The Morgan fingerprint density at radius 3 is 1.67 bits per heavy atom. The number of carboxylic acid groups (broad SMARTS) is 1. The Morgan fingerprint density at radius 1 is 1.33 bits per heavy atom. The summed E-state index contributed by atoms with van der Waals surface area (Å²) in [6.07, 6.45) is 0. The second-order valence-electron chi connectivity index (χ2n) is 1.49. The van der Waals surface area contributed by atoms with Crippen molar-refractivity contribution < 1.29 is 72.9 Å². The van der Waals surface area contributed by atoms with Gasteiger partial charge in [0.15, 0.2) is 0 Å². The molecule has 0 saturated heterocycles. The van der Waals surface area contributed by atoms with Crippen LogP contribution in [0.25, 0.3) is 0 Å². The van der Waals surface area contributed by atoms with Gasteiger partial charge in [0.05, 0.1) is 0 Å². The Balaban J connectivity index is 0. The van der Waals surface area contributed by atoms with Gasteiger partial charge in [0.1, 0.15) is 5.97 Å². The quantitative estimate of drug-likeness (QED) is 0.368. The molecule has 0 aliphatic rings. The molecule has 9 heavy (non-hydrogen) atoms. The van der Waals surface area contributed by atoms with Gasteiger partial charge < -0.3 is 14.8 Å². The fourth-order valence-corrected chi connectivity index (χ4v) is 0.183. The number of hydrogen-bond donors (Lipinski definition) is 0. The fourth-order valence-electron chi connectivity index (χ4n) is 0.183. The molecular formula is C4H6NO3Rb. The van der Waals surface area contributed by atoms with Crippen LogP contribution in [0.4, 0.5) is 0 Å². The first-order valence-electron chi connectivity index (χ1n) is 1.98. The zero-order valence-corrected chi connectivity index (χ0v) is 10.6. The van der Waals surface area contributed by atoms with Gasteiger partial charge in [0.2, 0.25) is 0 Å². The van der Waals surface area contributed by atoms with E-state index in [0.717, 1.165) is 4.90 Å². The number of nitrogens with zero attached hydrogens (tertiary/aromatic N) is 1. The minimum absolute atomic E-state index is 0. The van der Waals surface area contributed by atoms with Crippen molar-refractivity contribution in [2.24, 2.45) is 0 Å². The van der Waals surface area contributed by atoms with Crippen molar-refractivity contribution in [3.63, 3.8) is 0 Å². The third-order valence-corrected chi connectivity index (χ3v) is 0.581. The molecule has 0 atom stereocenters. The molecule has 0 radical (unpaired) electrons. The van der Waals surface area contributed by atoms with Gasteiger partial charge in [-0.05, 0) is 0 Å². The van der Waals surface area contributed by atoms with Gasteiger partial charge in [0.25, 0.3) is 5.91 Å². The molecule has 4 nitrogen and oxygen atoms in total. The summed E-state index contributed by atoms with van der Waals surface area (Å²) in [7, 11) is 2.69. The van der Waals surface area contributed by atoms with Crippen LogP contribution in [0.15, 0.2) is 0 Å². The molecule has 0 aliphatic heterocycles. The van der Waals surface area contributed by atoms with Gasteiger partial charge in [-0.2, -0.15) is 0 Å². The van der Waals surface area contributed by atoms with Crippen LogP contribution in [0.3, 0.4) is 0 Å². The molecule has 0 rings (SSSR count). The van der Waals surface area contributed by atoms with Gasteiger partial charge in [-0.15, -0.1) is 0 Å². The molecule has 0 unspecified atom stereocenters. The molecule has 0 aliphatic carbocycles. The second-order valence-corrected chi connectivity index (χ2v) is 1.49. The first-order chi connectivity index (χ1) is 3.55. The van der Waals surface area contributed by atoms with Gasteiger partial charge in [-0.1, -0.05) is 0 Å². The minimum atomic E-state index is -1.67. The molecular weight excluding hydrogens is 196 g/mol. The fraction of sp³-hybridized carbons (Fsp3) is 0.500. The van der Waals surface area contributed by atoms with E-state index in [2.05, 4.69) is 0 Å². The summed E-state index contributed by atoms with van der Waals surface area (Å²) in [5, 5.41) is 9.64. The van der Waals surface area contributed by atoms with Crippen LogP contribution in [0.1, 0.15) is 0 Å². The largest absolute Gasteiger partial charge is 1.00 e. The predicted molar refractivity (Wildman–Crippen MR) is 23.7 cm³/mol. The topological polar surface area (TPSA) is 60.4 Å². The summed E-state index contributed by atoms with van der Waals surface area (Å²) >= 11 is 0. The first-order valence-corrected chi connectivity index (χ1v) is 1.98. The molecule has 0 fully saturated rings. The zero-order chi connectivity index (χ0) is 6.73. The molecule has 0 saturated carbocycles. The van der Waals surface area contributed by atoms with Gasteiger partial charge in [-0.3, -0.25) is 4.79 Å². The Hall–Kier alpha value is 0.745. The first kappa shape index (κ1) is 12.4. The molecule has 5 heteroatoms. The van der Waals surface area contributed by atoms with E-state index >= 15 is 0 Å². The third kappa shape index (κ3) is 5.20. The molecule has 0 aromatic carbocycles. The van der Waals surface area contributed by atoms with Crippen LogP contribution in [-0.4, -0.2) is 30.9 Å². The Kier molecular flexibility index (Phi) is 7.63. The Morgan fingerprint density at radius 2 is 1.67 bits per heavy atom. The number of carbonyl (C=O) groups excluding carboxylic acids is 2. The summed E-state index contributed by atoms with van der Waals surface area (Å²) in [5.41, 5.74) is 0. The molecule has 0 heterocycles. The minimum Gasteiger partial charge on any atom is -0.540 e. The van der Waals surface area contributed by atoms with Crippen molar-refractivity contribution in [2.45, 2.75) is 0 Å². The monoisotopic (exact) mass is 201 g/mol. The van der Waals surface area contributed by atoms with Crippen molar-refractivity contribution in [2.75, 3.05) is 14.1 Å². The normalized spacial score (nSPS) is 7.33. The molecule has 0 N–H and O–H groups in total. The number of amides is 1. The van der Waals surface area contributed by atoms with Crippen LogP contribution in [-0.2, 0) is 9.59 Å². The number of likely N-dealkylation sites (N-methyl/N-ethyl adjacent to an activating group) is 1. The van der Waals surface area contributed by atoms with Gasteiger partial charge >= 0.3 is 58.2 Å². The number of aliphatic carboxylic acids is 1. The molecule has 0 aromatic heterocycles. The maximum atomic E-state index is 10.1. The van der Waals surface area contributed by atoms with E-state index in [1.54, 1.807) is 0 Å². The summed E-state index contributed by atoms with van der Waals surface area (Å²) in [6, 6.07) is 0. The standard InChI is InChI=1S/C4H7NO3.Rb/c1-5(2)3(6)4(7)8;/h1-2H3,(H,7,8);/q;+1/p-1. The van der Waals surface area contributed by atoms with Crippen LogP contribution < -0.4 is 63.3 Å². The van der Waals surface area contributed by atoms with Gasteiger partial charge in [0, 0.05) is 14.1 Å². The van der Waals surface area contributed by atoms with Crippen LogP contribution in [0.5, 0.6) is 0 Å². The second kappa shape index (κ2) is 5.52. The average molecular weight is 202 g/mol. The smallest absolute Gasteiger partial charge is 0.540 e. The number of rotatable bonds is 0. The predicted octanol–water partition coefficient (Wildman–Crippen LogP) is -5.17. The number of carbonyl (C=O) groups is 2. The molecule has 0 aromatic rings. The third-order valence-electron chi connectivity index (χ3n) is 0.581. The molecule has 0 bridgehead atoms. The zero-order valence-electron chi connectivity index (χ0n) is 5.67. The van der Waals surface area contributed by atoms with Crippen molar-refractivity contribution in [3.8, 4) is 0 Å². The van der Waals surface area contributed by atoms with E-state index in [-0.39, 0.29) is 58.2 Å². The van der Waals surface area contributed by atoms with Gasteiger partial charge in [-0.25, -0.2) is 0 Å². The number of carboxylic acids is 1. The van der Waals surface area contributed by atoms with E-state index in [0.29, 0.717) is 0 Å². The van der Waals surface area contributed by atoms with Crippen LogP contribution in [0, 0.1) is 0 Å². The van der Waals surface area contributed by atoms with Crippen molar-refractivity contribution in [3.05, 3.63) is 0 Å². The average Bonchev–Trinajstić information content (AvgIpc) is 1.64. The molecule has 46 valence electrons. The summed E-state index contributed by atoms with van der Waals surface area (Å²) in [4.78, 5) is 20.7. The van der Waals surface area contributed by atoms with Crippen LogP contribution in [0.2, 0.25) is 0 Å². The van der Waals surface area contributed by atoms with E-state index in [1.807, 2.05) is 0 Å². The SMILES string of the molecule is CN(C)C(=O)C(=O)[O-].[Rb+]. The van der Waals surface area contributed by atoms with Crippen LogP contribution >= 0.6 is 0 Å². The maximum absolute atomic E-state index is 10.1. The van der Waals surface area contributed by atoms with E-state index in [9.17, 15) is 14.7 Å². The molecule has 0 spiro atoms. The summed E-state index contributed by atoms with van der Waals surface area (Å²) < 4.78 is 0. The van der Waals surface area contributed by atoms with Crippen molar-refractivity contribution in [1.29, 1.82) is 0 Å².